The number of halogens is 3. The van der Waals surface area contributed by atoms with Crippen molar-refractivity contribution in [2.24, 2.45) is 11.1 Å². The third-order valence-corrected chi connectivity index (χ3v) is 10.2. The van der Waals surface area contributed by atoms with Crippen LogP contribution in [0.4, 0.5) is 14.5 Å². The average molecular weight is 709 g/mol. The van der Waals surface area contributed by atoms with E-state index in [0.717, 1.165) is 12.1 Å². The van der Waals surface area contributed by atoms with E-state index in [2.05, 4.69) is 0 Å². The second-order valence-corrected chi connectivity index (χ2v) is 14.0. The lowest BCUT2D eigenvalue weighted by atomic mass is 9.49. The molecule has 1 saturated carbocycles. The van der Waals surface area contributed by atoms with E-state index in [0.29, 0.717) is 17.3 Å². The van der Waals surface area contributed by atoms with Crippen molar-refractivity contribution in [3.05, 3.63) is 63.9 Å². The summed E-state index contributed by atoms with van der Waals surface area (Å²) in [5.41, 5.74) is -0.0593. The number of nitrogens with two attached hydrogens (primary N) is 1. The molecule has 2 aromatic rings. The maximum absolute atomic E-state index is 14.9. The van der Waals surface area contributed by atoms with Gasteiger partial charge in [-0.3, -0.25) is 19.3 Å². The molecule has 0 heterocycles. The number of fused-ring (bicyclic) bond motifs is 3. The molecule has 3 aliphatic carbocycles. The van der Waals surface area contributed by atoms with E-state index in [1.807, 2.05) is 22.6 Å². The van der Waals surface area contributed by atoms with Crippen molar-refractivity contribution in [1.29, 1.82) is 0 Å². The summed E-state index contributed by atoms with van der Waals surface area (Å²) in [4.78, 5) is 43.4. The number of primary amides is 1. The normalized spacial score (nSPS) is 28.6. The van der Waals surface area contributed by atoms with Crippen LogP contribution in [-0.4, -0.2) is 86.1 Å². The lowest BCUT2D eigenvalue weighted by molar-refractivity contribution is -0.169. The van der Waals surface area contributed by atoms with E-state index in [1.54, 1.807) is 19.0 Å². The van der Waals surface area contributed by atoms with Gasteiger partial charge in [-0.25, -0.2) is 8.78 Å². The van der Waals surface area contributed by atoms with Gasteiger partial charge in [0, 0.05) is 42.4 Å². The number of likely N-dealkylation sites (N-methyl/N-ethyl adjacent to an activating group) is 1. The number of aliphatic hydroxyl groups excluding tert-OH is 2. The number of carbonyl (C=O) groups excluding carboxylic acids is 3. The zero-order valence-electron chi connectivity index (χ0n) is 23.9. The number of phenols is 1. The predicted molar refractivity (Wildman–Crippen MR) is 162 cm³/mol. The first kappa shape index (κ1) is 30.9. The Hall–Kier alpha value is -3.56. The summed E-state index contributed by atoms with van der Waals surface area (Å²) in [5, 5.41) is 46.6. The largest absolute Gasteiger partial charge is 0.508 e. The van der Waals surface area contributed by atoms with Crippen LogP contribution < -0.4 is 10.6 Å². The van der Waals surface area contributed by atoms with Crippen LogP contribution >= 0.6 is 22.6 Å². The van der Waals surface area contributed by atoms with Crippen LogP contribution in [0.1, 0.15) is 24.5 Å². The molecule has 0 radical (unpaired) electrons. The molecule has 0 bridgehead atoms. The van der Waals surface area contributed by atoms with E-state index < -0.39 is 72.4 Å². The number of hydrogen-bond donors (Lipinski definition) is 5. The van der Waals surface area contributed by atoms with Gasteiger partial charge in [0.25, 0.3) is 5.91 Å². The number of rotatable bonds is 4. The third-order valence-electron chi connectivity index (χ3n) is 8.94. The fourth-order valence-electron chi connectivity index (χ4n) is 7.20. The standard InChI is InChI=1S/C30H30F2IN3O7/c1-28-11-29(33)10-15-17(35(2)3)9-14(13-7-6-12(31)8-16(13)32)21(37)18(15)22(38)20(29)26(41)30(28,43)25(40)19(27(34)42)23(39)24(28)36(4)5/h6-9,24,37-38,40,43H,10-11H2,1-5H3,(H2,34,42)/t24-,28+,29-,30-/m1/s1. The third kappa shape index (κ3) is 3.97. The van der Waals surface area contributed by atoms with Crippen molar-refractivity contribution in [3.8, 4) is 16.9 Å². The summed E-state index contributed by atoms with van der Waals surface area (Å²) in [5.74, 6) is -7.71. The number of nitrogens with zero attached hydrogens (tertiary/aromatic N) is 2. The maximum atomic E-state index is 14.9. The van der Waals surface area contributed by atoms with Crippen LogP contribution in [0.15, 0.2) is 41.2 Å². The van der Waals surface area contributed by atoms with Gasteiger partial charge in [0.15, 0.2) is 11.4 Å². The smallest absolute Gasteiger partial charge is 0.255 e. The SMILES string of the molecule is CN(C)c1cc(-c2ccc(F)cc2F)c(O)c2c1C[C@@]1(I)C[C@@]3(C)[C@H](N(C)C)C(=O)C(C(N)=O)=C(O)[C@@]3(O)C(=O)C1=C2O. The van der Waals surface area contributed by atoms with Gasteiger partial charge in [0.2, 0.25) is 5.78 Å². The molecule has 6 N–H and O–H groups in total. The molecule has 3 aliphatic rings. The molecule has 0 spiro atoms. The van der Waals surface area contributed by atoms with E-state index in [9.17, 15) is 43.6 Å². The fourth-order valence-corrected chi connectivity index (χ4v) is 8.87. The minimum absolute atomic E-state index is 0.00837. The van der Waals surface area contributed by atoms with Crippen LogP contribution in [0.2, 0.25) is 0 Å². The molecule has 228 valence electrons. The van der Waals surface area contributed by atoms with Crippen LogP contribution in [0.25, 0.3) is 16.9 Å². The van der Waals surface area contributed by atoms with Crippen LogP contribution in [0, 0.1) is 17.0 Å². The number of carbonyl (C=O) groups is 3. The molecule has 10 nitrogen and oxygen atoms in total. The summed E-state index contributed by atoms with van der Waals surface area (Å²) in [6, 6.07) is 3.01. The first-order valence-corrected chi connectivity index (χ1v) is 14.3. The summed E-state index contributed by atoms with van der Waals surface area (Å²) >= 11 is 1.98. The molecule has 5 rings (SSSR count). The van der Waals surface area contributed by atoms with E-state index in [-0.39, 0.29) is 35.1 Å². The Balaban J connectivity index is 1.86. The minimum atomic E-state index is -2.86. The van der Waals surface area contributed by atoms with Gasteiger partial charge < -0.3 is 31.1 Å². The summed E-state index contributed by atoms with van der Waals surface area (Å²) in [6.45, 7) is 1.45. The number of Topliss-reactive ketones (excluding diaryl/α,β-unsaturated/α-hetero) is 2. The summed E-state index contributed by atoms with van der Waals surface area (Å²) < 4.78 is 27.3. The number of benzene rings is 2. The highest BCUT2D eigenvalue weighted by Crippen LogP contribution is 2.63. The number of hydrogen-bond acceptors (Lipinski definition) is 9. The Morgan fingerprint density at radius 3 is 2.23 bits per heavy atom. The molecular weight excluding hydrogens is 679 g/mol. The number of alkyl halides is 1. The van der Waals surface area contributed by atoms with Crippen molar-refractivity contribution in [1.82, 2.24) is 4.90 Å². The van der Waals surface area contributed by atoms with Crippen LogP contribution in [-0.2, 0) is 20.8 Å². The summed E-state index contributed by atoms with van der Waals surface area (Å²) in [7, 11) is 6.43. The number of anilines is 1. The molecule has 13 heteroatoms. The molecule has 2 aromatic carbocycles. The number of amides is 1. The Morgan fingerprint density at radius 1 is 1.07 bits per heavy atom. The van der Waals surface area contributed by atoms with Crippen molar-refractivity contribution in [2.75, 3.05) is 33.1 Å². The molecule has 4 atom stereocenters. The first-order valence-electron chi connectivity index (χ1n) is 13.2. The molecule has 0 aliphatic heterocycles. The fraction of sp³-hybridized carbons (Fsp3) is 0.367. The second-order valence-electron chi connectivity index (χ2n) is 12.0. The molecular formula is C30H30F2IN3O7. The molecule has 1 fully saturated rings. The number of phenolic OH excluding ortho intramolecular Hbond substituents is 1. The van der Waals surface area contributed by atoms with Gasteiger partial charge in [0.1, 0.15) is 34.5 Å². The molecule has 43 heavy (non-hydrogen) atoms. The average Bonchev–Trinajstić information content (AvgIpc) is 2.86. The van der Waals surface area contributed by atoms with Crippen LogP contribution in [0.5, 0.6) is 5.75 Å². The highest BCUT2D eigenvalue weighted by atomic mass is 127. The number of ketones is 2. The lowest BCUT2D eigenvalue weighted by Gasteiger charge is -2.59. The maximum Gasteiger partial charge on any atom is 0.255 e. The van der Waals surface area contributed by atoms with Gasteiger partial charge >= 0.3 is 0 Å². The molecule has 0 saturated heterocycles. The molecule has 1 amide bonds. The Kier molecular flexibility index (Phi) is 6.98. The monoisotopic (exact) mass is 709 g/mol. The van der Waals surface area contributed by atoms with Gasteiger partial charge in [-0.1, -0.05) is 29.5 Å². The van der Waals surface area contributed by atoms with Crippen molar-refractivity contribution < 1.29 is 43.6 Å². The Labute approximate surface area is 259 Å². The van der Waals surface area contributed by atoms with E-state index in [4.69, 9.17) is 5.73 Å². The first-order chi connectivity index (χ1) is 19.8. The van der Waals surface area contributed by atoms with E-state index in [1.165, 1.54) is 32.0 Å². The zero-order valence-corrected chi connectivity index (χ0v) is 26.1. The van der Waals surface area contributed by atoms with Gasteiger partial charge in [0.05, 0.1) is 20.6 Å². The van der Waals surface area contributed by atoms with Gasteiger partial charge in [-0.05, 0) is 50.7 Å². The van der Waals surface area contributed by atoms with Gasteiger partial charge in [-0.15, -0.1) is 0 Å². The van der Waals surface area contributed by atoms with Crippen LogP contribution in [0.3, 0.4) is 0 Å². The predicted octanol–water partition coefficient (Wildman–Crippen LogP) is 2.92. The highest BCUT2D eigenvalue weighted by Gasteiger charge is 2.73. The van der Waals surface area contributed by atoms with Crippen molar-refractivity contribution in [2.45, 2.75) is 34.8 Å². The zero-order chi connectivity index (χ0) is 32.1. The minimum Gasteiger partial charge on any atom is -0.508 e. The topological polar surface area (TPSA) is 165 Å². The van der Waals surface area contributed by atoms with E-state index >= 15 is 0 Å². The van der Waals surface area contributed by atoms with Gasteiger partial charge in [-0.2, -0.15) is 0 Å². The molecule has 0 aromatic heterocycles. The second kappa shape index (κ2) is 9.72. The van der Waals surface area contributed by atoms with Crippen molar-refractivity contribution >= 4 is 51.5 Å². The number of aromatic hydroxyl groups is 1. The van der Waals surface area contributed by atoms with Crippen molar-refractivity contribution in [3.63, 3.8) is 0 Å². The number of aliphatic hydroxyl groups is 3. The highest BCUT2D eigenvalue weighted by molar-refractivity contribution is 14.1. The summed E-state index contributed by atoms with van der Waals surface area (Å²) in [6.07, 6.45) is -0.136. The quantitative estimate of drug-likeness (QED) is 0.183. The molecule has 0 unspecified atom stereocenters. The Bertz CT molecular complexity index is 1720. The Morgan fingerprint density at radius 2 is 1.70 bits per heavy atom. The lowest BCUT2D eigenvalue weighted by Crippen LogP contribution is -2.73.